The van der Waals surface area contributed by atoms with Crippen LogP contribution in [0.2, 0.25) is 5.02 Å². The zero-order chi connectivity index (χ0) is 14.8. The summed E-state index contributed by atoms with van der Waals surface area (Å²) in [4.78, 5) is 16.9. The number of nitrogens with one attached hydrogen (secondary N) is 1. The molecule has 0 unspecified atom stereocenters. The molecule has 0 fully saturated rings. The van der Waals surface area contributed by atoms with Crippen molar-refractivity contribution in [3.8, 4) is 0 Å². The Morgan fingerprint density at radius 2 is 1.90 bits per heavy atom. The largest absolute Gasteiger partial charge is 0.322 e. The van der Waals surface area contributed by atoms with E-state index >= 15 is 0 Å². The summed E-state index contributed by atoms with van der Waals surface area (Å²) in [6, 6.07) is 16.5. The summed E-state index contributed by atoms with van der Waals surface area (Å²) in [5.74, 6) is -0.168. The lowest BCUT2D eigenvalue weighted by Gasteiger charge is -2.09. The van der Waals surface area contributed by atoms with Crippen molar-refractivity contribution in [3.05, 3.63) is 70.9 Å². The first-order chi connectivity index (χ1) is 10.1. The molecule has 0 aliphatic heterocycles. The number of hydrogen-bond donors (Lipinski definition) is 1. The predicted molar refractivity (Wildman–Crippen MR) is 85.9 cm³/mol. The van der Waals surface area contributed by atoms with Gasteiger partial charge in [0.1, 0.15) is 0 Å². The zero-order valence-corrected chi connectivity index (χ0v) is 12.2. The molecule has 1 N–H and O–H groups in total. The Hall–Kier alpha value is -2.39. The summed E-state index contributed by atoms with van der Waals surface area (Å²) >= 11 is 5.93. The summed E-state index contributed by atoms with van der Waals surface area (Å²) in [6.45, 7) is 1.88. The van der Waals surface area contributed by atoms with Crippen LogP contribution in [0.5, 0.6) is 0 Å². The predicted octanol–water partition coefficient (Wildman–Crippen LogP) is 4.45. The highest BCUT2D eigenvalue weighted by Crippen LogP contribution is 2.21. The van der Waals surface area contributed by atoms with Crippen molar-refractivity contribution < 1.29 is 4.79 Å². The summed E-state index contributed by atoms with van der Waals surface area (Å²) in [6.07, 6.45) is 0. The Kier molecular flexibility index (Phi) is 3.59. The first-order valence-electron chi connectivity index (χ1n) is 6.57. The van der Waals surface area contributed by atoms with Crippen LogP contribution in [0.15, 0.2) is 54.6 Å². The molecule has 0 atom stereocenters. The van der Waals surface area contributed by atoms with Gasteiger partial charge in [0.25, 0.3) is 5.91 Å². The lowest BCUT2D eigenvalue weighted by atomic mass is 10.1. The topological polar surface area (TPSA) is 42.0 Å². The Morgan fingerprint density at radius 3 is 2.71 bits per heavy atom. The van der Waals surface area contributed by atoms with E-state index in [0.29, 0.717) is 16.3 Å². The van der Waals surface area contributed by atoms with E-state index in [4.69, 9.17) is 11.6 Å². The van der Waals surface area contributed by atoms with E-state index in [-0.39, 0.29) is 5.91 Å². The summed E-state index contributed by atoms with van der Waals surface area (Å²) in [5.41, 5.74) is 2.91. The SMILES string of the molecule is Cc1cc(C(=O)Nc2cccc(Cl)c2)c2ccccc2n1. The van der Waals surface area contributed by atoms with Crippen LogP contribution < -0.4 is 5.32 Å². The highest BCUT2D eigenvalue weighted by atomic mass is 35.5. The van der Waals surface area contributed by atoms with E-state index in [2.05, 4.69) is 10.3 Å². The van der Waals surface area contributed by atoms with E-state index in [0.717, 1.165) is 16.6 Å². The molecule has 1 aromatic heterocycles. The minimum absolute atomic E-state index is 0.168. The second-order valence-corrected chi connectivity index (χ2v) is 5.23. The van der Waals surface area contributed by atoms with Gasteiger partial charge >= 0.3 is 0 Å². The average Bonchev–Trinajstić information content (AvgIpc) is 2.46. The number of carbonyl (C=O) groups excluding carboxylic acids is 1. The van der Waals surface area contributed by atoms with Gasteiger partial charge in [-0.25, -0.2) is 0 Å². The average molecular weight is 297 g/mol. The number of anilines is 1. The highest BCUT2D eigenvalue weighted by Gasteiger charge is 2.12. The van der Waals surface area contributed by atoms with E-state index in [9.17, 15) is 4.79 Å². The number of carbonyl (C=O) groups is 1. The van der Waals surface area contributed by atoms with Crippen molar-refractivity contribution in [2.24, 2.45) is 0 Å². The molecule has 1 amide bonds. The van der Waals surface area contributed by atoms with Crippen LogP contribution >= 0.6 is 11.6 Å². The van der Waals surface area contributed by atoms with E-state index in [1.165, 1.54) is 0 Å². The quantitative estimate of drug-likeness (QED) is 0.759. The third kappa shape index (κ3) is 2.88. The molecule has 3 aromatic rings. The third-order valence-corrected chi connectivity index (χ3v) is 3.41. The van der Waals surface area contributed by atoms with Crippen LogP contribution in [0.4, 0.5) is 5.69 Å². The second-order valence-electron chi connectivity index (χ2n) is 4.79. The van der Waals surface area contributed by atoms with Crippen molar-refractivity contribution in [3.63, 3.8) is 0 Å². The maximum atomic E-state index is 12.5. The van der Waals surface area contributed by atoms with Gasteiger partial charge in [-0.15, -0.1) is 0 Å². The van der Waals surface area contributed by atoms with Crippen LogP contribution in [0.1, 0.15) is 16.1 Å². The minimum atomic E-state index is -0.168. The molecule has 0 aliphatic carbocycles. The number of benzene rings is 2. The van der Waals surface area contributed by atoms with Gasteiger partial charge < -0.3 is 5.32 Å². The van der Waals surface area contributed by atoms with Crippen LogP contribution in [0.25, 0.3) is 10.9 Å². The molecule has 0 aliphatic rings. The van der Waals surface area contributed by atoms with Gasteiger partial charge in [0, 0.05) is 21.8 Å². The first kappa shape index (κ1) is 13.6. The lowest BCUT2D eigenvalue weighted by molar-refractivity contribution is 0.102. The Labute approximate surface area is 127 Å². The fraction of sp³-hybridized carbons (Fsp3) is 0.0588. The summed E-state index contributed by atoms with van der Waals surface area (Å²) in [5, 5.41) is 4.29. The maximum absolute atomic E-state index is 12.5. The fourth-order valence-corrected chi connectivity index (χ4v) is 2.45. The van der Waals surface area contributed by atoms with Gasteiger partial charge in [0.05, 0.1) is 11.1 Å². The first-order valence-corrected chi connectivity index (χ1v) is 6.94. The molecule has 3 rings (SSSR count). The maximum Gasteiger partial charge on any atom is 0.256 e. The molecular formula is C17H13ClN2O. The van der Waals surface area contributed by atoms with Gasteiger partial charge in [-0.1, -0.05) is 35.9 Å². The number of aromatic nitrogens is 1. The second kappa shape index (κ2) is 5.54. The molecule has 0 saturated carbocycles. The van der Waals surface area contributed by atoms with Crippen LogP contribution in [0, 0.1) is 6.92 Å². The van der Waals surface area contributed by atoms with Crippen molar-refractivity contribution in [1.29, 1.82) is 0 Å². The number of hydrogen-bond acceptors (Lipinski definition) is 2. The molecule has 0 spiro atoms. The van der Waals surface area contributed by atoms with Gasteiger partial charge in [-0.2, -0.15) is 0 Å². The minimum Gasteiger partial charge on any atom is -0.322 e. The smallest absolute Gasteiger partial charge is 0.256 e. The van der Waals surface area contributed by atoms with Crippen LogP contribution in [-0.2, 0) is 0 Å². The Bertz CT molecular complexity index is 830. The van der Waals surface area contributed by atoms with E-state index in [1.54, 1.807) is 30.3 Å². The molecule has 104 valence electrons. The van der Waals surface area contributed by atoms with Gasteiger partial charge in [-0.3, -0.25) is 9.78 Å². The van der Waals surface area contributed by atoms with Crippen molar-refractivity contribution >= 4 is 34.1 Å². The number of para-hydroxylation sites is 1. The Morgan fingerprint density at radius 1 is 1.10 bits per heavy atom. The van der Waals surface area contributed by atoms with Crippen molar-refractivity contribution in [2.75, 3.05) is 5.32 Å². The van der Waals surface area contributed by atoms with Gasteiger partial charge in [0.15, 0.2) is 0 Å². The fourth-order valence-electron chi connectivity index (χ4n) is 2.26. The summed E-state index contributed by atoms with van der Waals surface area (Å²) in [7, 11) is 0. The van der Waals surface area contributed by atoms with Crippen molar-refractivity contribution in [1.82, 2.24) is 4.98 Å². The lowest BCUT2D eigenvalue weighted by Crippen LogP contribution is -2.13. The molecule has 2 aromatic carbocycles. The normalized spacial score (nSPS) is 10.6. The number of halogens is 1. The third-order valence-electron chi connectivity index (χ3n) is 3.17. The standard InChI is InChI=1S/C17H13ClN2O/c1-11-9-15(14-7-2-3-8-16(14)19-11)17(21)20-13-6-4-5-12(18)10-13/h2-10H,1H3,(H,20,21). The monoisotopic (exact) mass is 296 g/mol. The molecule has 0 radical (unpaired) electrons. The molecule has 1 heterocycles. The van der Waals surface area contributed by atoms with Gasteiger partial charge in [-0.05, 0) is 37.3 Å². The molecule has 21 heavy (non-hydrogen) atoms. The van der Waals surface area contributed by atoms with Crippen LogP contribution in [-0.4, -0.2) is 10.9 Å². The summed E-state index contributed by atoms with van der Waals surface area (Å²) < 4.78 is 0. The number of rotatable bonds is 2. The van der Waals surface area contributed by atoms with Crippen molar-refractivity contribution in [2.45, 2.75) is 6.92 Å². The van der Waals surface area contributed by atoms with Gasteiger partial charge in [0.2, 0.25) is 0 Å². The molecule has 0 saturated heterocycles. The molecular weight excluding hydrogens is 284 g/mol. The zero-order valence-electron chi connectivity index (χ0n) is 11.4. The van der Waals surface area contributed by atoms with Crippen LogP contribution in [0.3, 0.4) is 0 Å². The van der Waals surface area contributed by atoms with E-state index < -0.39 is 0 Å². The number of aryl methyl sites for hydroxylation is 1. The van der Waals surface area contributed by atoms with E-state index in [1.807, 2.05) is 31.2 Å². The molecule has 3 nitrogen and oxygen atoms in total. The number of fused-ring (bicyclic) bond motifs is 1. The number of amides is 1. The number of pyridine rings is 1. The Balaban J connectivity index is 2.02. The molecule has 4 heteroatoms. The molecule has 0 bridgehead atoms. The number of nitrogens with zero attached hydrogens (tertiary/aromatic N) is 1. The highest BCUT2D eigenvalue weighted by molar-refractivity contribution is 6.31.